The van der Waals surface area contributed by atoms with Gasteiger partial charge in [-0.25, -0.2) is 4.79 Å². The van der Waals surface area contributed by atoms with E-state index in [1.807, 2.05) is 47.0 Å². The Bertz CT molecular complexity index is 862. The Morgan fingerprint density at radius 1 is 1.04 bits per heavy atom. The molecule has 6 nitrogen and oxygen atoms in total. The Kier molecular flexibility index (Phi) is 6.09. The second-order valence-corrected chi connectivity index (χ2v) is 6.46. The van der Waals surface area contributed by atoms with Crippen LogP contribution in [-0.2, 0) is 13.0 Å². The predicted molar refractivity (Wildman–Crippen MR) is 102 cm³/mol. The second kappa shape index (κ2) is 8.69. The molecule has 0 aliphatic carbocycles. The van der Waals surface area contributed by atoms with E-state index in [-0.39, 0.29) is 12.6 Å². The molecule has 0 spiro atoms. The van der Waals surface area contributed by atoms with Crippen molar-refractivity contribution in [3.8, 4) is 5.69 Å². The standard InChI is InChI=1S/C18H17Cl2N5O/c19-14-8-13(9-15(20)10-14)6-7-21-18(26)22-11-17-24-23-12-25(17)16-4-2-1-3-5-16/h1-5,8-10,12H,6-7,11H2,(H2,21,22,26). The van der Waals surface area contributed by atoms with Crippen LogP contribution in [0.15, 0.2) is 54.9 Å². The van der Waals surface area contributed by atoms with Crippen molar-refractivity contribution in [1.82, 2.24) is 25.4 Å². The SMILES string of the molecule is O=C(NCCc1cc(Cl)cc(Cl)c1)NCc1nncn1-c1ccccc1. The normalized spacial score (nSPS) is 10.5. The fourth-order valence-corrected chi connectivity index (χ4v) is 3.05. The first-order valence-electron chi connectivity index (χ1n) is 8.03. The topological polar surface area (TPSA) is 71.8 Å². The van der Waals surface area contributed by atoms with Crippen LogP contribution in [0.3, 0.4) is 0 Å². The van der Waals surface area contributed by atoms with Crippen LogP contribution >= 0.6 is 23.2 Å². The van der Waals surface area contributed by atoms with E-state index in [0.717, 1.165) is 11.3 Å². The second-order valence-electron chi connectivity index (χ2n) is 5.59. The summed E-state index contributed by atoms with van der Waals surface area (Å²) in [6.45, 7) is 0.734. The lowest BCUT2D eigenvalue weighted by Crippen LogP contribution is -2.36. The van der Waals surface area contributed by atoms with Crippen molar-refractivity contribution in [3.05, 3.63) is 76.3 Å². The molecule has 134 valence electrons. The maximum absolute atomic E-state index is 12.0. The number of carbonyl (C=O) groups is 1. The lowest BCUT2D eigenvalue weighted by Gasteiger charge is -2.09. The molecule has 1 heterocycles. The fourth-order valence-electron chi connectivity index (χ4n) is 2.48. The number of aromatic nitrogens is 3. The summed E-state index contributed by atoms with van der Waals surface area (Å²) < 4.78 is 1.83. The summed E-state index contributed by atoms with van der Waals surface area (Å²) in [5.74, 6) is 0.646. The molecule has 0 unspecified atom stereocenters. The third-order valence-electron chi connectivity index (χ3n) is 3.68. The minimum Gasteiger partial charge on any atom is -0.338 e. The maximum atomic E-state index is 12.0. The summed E-state index contributed by atoms with van der Waals surface area (Å²) in [5, 5.41) is 14.7. The van der Waals surface area contributed by atoms with Gasteiger partial charge in [-0.15, -0.1) is 10.2 Å². The Labute approximate surface area is 161 Å². The molecule has 8 heteroatoms. The van der Waals surface area contributed by atoms with Gasteiger partial charge in [0.1, 0.15) is 6.33 Å². The molecule has 0 saturated heterocycles. The van der Waals surface area contributed by atoms with E-state index in [4.69, 9.17) is 23.2 Å². The van der Waals surface area contributed by atoms with Gasteiger partial charge in [-0.3, -0.25) is 4.57 Å². The number of benzene rings is 2. The van der Waals surface area contributed by atoms with Crippen molar-refractivity contribution < 1.29 is 4.79 Å². The molecule has 0 bridgehead atoms. The number of nitrogens with one attached hydrogen (secondary N) is 2. The molecule has 0 radical (unpaired) electrons. The number of amides is 2. The first-order valence-corrected chi connectivity index (χ1v) is 8.78. The first-order chi connectivity index (χ1) is 12.6. The number of para-hydroxylation sites is 1. The van der Waals surface area contributed by atoms with Crippen molar-refractivity contribution in [2.75, 3.05) is 6.54 Å². The Hall–Kier alpha value is -2.57. The van der Waals surface area contributed by atoms with Gasteiger partial charge in [0, 0.05) is 22.3 Å². The zero-order valence-corrected chi connectivity index (χ0v) is 15.3. The van der Waals surface area contributed by atoms with Crippen molar-refractivity contribution in [2.45, 2.75) is 13.0 Å². The van der Waals surface area contributed by atoms with Gasteiger partial charge in [0.2, 0.25) is 0 Å². The summed E-state index contributed by atoms with van der Waals surface area (Å²) in [6.07, 6.45) is 2.25. The van der Waals surface area contributed by atoms with Gasteiger partial charge in [-0.2, -0.15) is 0 Å². The highest BCUT2D eigenvalue weighted by atomic mass is 35.5. The molecule has 0 atom stereocenters. The summed E-state index contributed by atoms with van der Waals surface area (Å²) in [5.41, 5.74) is 1.90. The molecule has 2 N–H and O–H groups in total. The van der Waals surface area contributed by atoms with Crippen LogP contribution in [0.5, 0.6) is 0 Å². The molecule has 1 aromatic heterocycles. The molecule has 3 aromatic rings. The zero-order valence-electron chi connectivity index (χ0n) is 13.8. The molecular weight excluding hydrogens is 373 g/mol. The van der Waals surface area contributed by atoms with Crippen LogP contribution in [0.25, 0.3) is 5.69 Å². The Morgan fingerprint density at radius 3 is 2.50 bits per heavy atom. The molecule has 3 rings (SSSR count). The lowest BCUT2D eigenvalue weighted by atomic mass is 10.1. The van der Waals surface area contributed by atoms with Crippen molar-refractivity contribution >= 4 is 29.2 Å². The van der Waals surface area contributed by atoms with Crippen molar-refractivity contribution in [2.24, 2.45) is 0 Å². The average Bonchev–Trinajstić information content (AvgIpc) is 3.08. The van der Waals surface area contributed by atoms with Gasteiger partial charge < -0.3 is 10.6 Å². The van der Waals surface area contributed by atoms with Gasteiger partial charge in [-0.1, -0.05) is 41.4 Å². The first kappa shape index (κ1) is 18.2. The van der Waals surface area contributed by atoms with Crippen LogP contribution in [-0.4, -0.2) is 27.3 Å². The minimum atomic E-state index is -0.277. The van der Waals surface area contributed by atoms with Crippen molar-refractivity contribution in [1.29, 1.82) is 0 Å². The summed E-state index contributed by atoms with van der Waals surface area (Å²) in [4.78, 5) is 12.0. The monoisotopic (exact) mass is 389 g/mol. The predicted octanol–water partition coefficient (Wildman–Crippen LogP) is 3.62. The lowest BCUT2D eigenvalue weighted by molar-refractivity contribution is 0.240. The average molecular weight is 390 g/mol. The van der Waals surface area contributed by atoms with Gasteiger partial charge in [-0.05, 0) is 42.3 Å². The van der Waals surface area contributed by atoms with E-state index in [1.165, 1.54) is 0 Å². The third kappa shape index (κ3) is 4.97. The summed E-state index contributed by atoms with van der Waals surface area (Å²) in [6, 6.07) is 14.8. The van der Waals surface area contributed by atoms with E-state index >= 15 is 0 Å². The van der Waals surface area contributed by atoms with E-state index in [0.29, 0.717) is 28.8 Å². The van der Waals surface area contributed by atoms with E-state index in [2.05, 4.69) is 20.8 Å². The van der Waals surface area contributed by atoms with Gasteiger partial charge in [0.25, 0.3) is 0 Å². The Morgan fingerprint density at radius 2 is 1.77 bits per heavy atom. The molecule has 26 heavy (non-hydrogen) atoms. The quantitative estimate of drug-likeness (QED) is 0.676. The van der Waals surface area contributed by atoms with Crippen LogP contribution in [0.4, 0.5) is 4.79 Å². The molecule has 2 aromatic carbocycles. The van der Waals surface area contributed by atoms with Gasteiger partial charge >= 0.3 is 6.03 Å². The largest absolute Gasteiger partial charge is 0.338 e. The van der Waals surface area contributed by atoms with E-state index in [1.54, 1.807) is 12.4 Å². The number of hydrogen-bond donors (Lipinski definition) is 2. The minimum absolute atomic E-state index is 0.268. The number of urea groups is 1. The maximum Gasteiger partial charge on any atom is 0.315 e. The number of hydrogen-bond acceptors (Lipinski definition) is 3. The van der Waals surface area contributed by atoms with Crippen LogP contribution in [0.1, 0.15) is 11.4 Å². The zero-order chi connectivity index (χ0) is 18.4. The highest BCUT2D eigenvalue weighted by Gasteiger charge is 2.08. The number of carbonyl (C=O) groups excluding carboxylic acids is 1. The smallest absolute Gasteiger partial charge is 0.315 e. The molecule has 0 aliphatic rings. The van der Waals surface area contributed by atoms with E-state index < -0.39 is 0 Å². The highest BCUT2D eigenvalue weighted by Crippen LogP contribution is 2.19. The summed E-state index contributed by atoms with van der Waals surface area (Å²) >= 11 is 11.9. The third-order valence-corrected chi connectivity index (χ3v) is 4.12. The highest BCUT2D eigenvalue weighted by molar-refractivity contribution is 6.34. The van der Waals surface area contributed by atoms with Crippen LogP contribution < -0.4 is 10.6 Å². The van der Waals surface area contributed by atoms with Gasteiger partial charge in [0.15, 0.2) is 5.82 Å². The summed E-state index contributed by atoms with van der Waals surface area (Å²) in [7, 11) is 0. The number of rotatable bonds is 6. The molecule has 0 aliphatic heterocycles. The molecule has 0 fully saturated rings. The van der Waals surface area contributed by atoms with Crippen molar-refractivity contribution in [3.63, 3.8) is 0 Å². The molecule has 0 saturated carbocycles. The van der Waals surface area contributed by atoms with Gasteiger partial charge in [0.05, 0.1) is 6.54 Å². The number of halogens is 2. The fraction of sp³-hybridized carbons (Fsp3) is 0.167. The number of nitrogens with zero attached hydrogens (tertiary/aromatic N) is 3. The Balaban J connectivity index is 1.48. The van der Waals surface area contributed by atoms with E-state index in [9.17, 15) is 4.79 Å². The molecular formula is C18H17Cl2N5O. The van der Waals surface area contributed by atoms with Crippen LogP contribution in [0.2, 0.25) is 10.0 Å². The van der Waals surface area contributed by atoms with Crippen LogP contribution in [0, 0.1) is 0 Å². The molecule has 2 amide bonds.